The van der Waals surface area contributed by atoms with E-state index in [0.717, 1.165) is 16.8 Å². The second kappa shape index (κ2) is 8.02. The fourth-order valence-electron chi connectivity index (χ4n) is 3.87. The average molecular weight is 380 g/mol. The molecule has 1 amide bonds. The summed E-state index contributed by atoms with van der Waals surface area (Å²) in [7, 11) is 1.61. The van der Waals surface area contributed by atoms with Crippen LogP contribution in [0.3, 0.4) is 0 Å². The van der Waals surface area contributed by atoms with Crippen molar-refractivity contribution in [1.29, 1.82) is 0 Å². The van der Waals surface area contributed by atoms with E-state index in [1.807, 2.05) is 54.3 Å². The number of hydrogen-bond donors (Lipinski definition) is 0. The van der Waals surface area contributed by atoms with E-state index in [0.29, 0.717) is 25.5 Å². The van der Waals surface area contributed by atoms with E-state index in [9.17, 15) is 4.79 Å². The molecular weight excluding hydrogens is 356 g/mol. The largest absolute Gasteiger partial charge is 0.481 e. The second-order valence-electron chi connectivity index (χ2n) is 7.09. The number of ether oxygens (including phenoxy) is 3. The maximum absolute atomic E-state index is 12.8. The van der Waals surface area contributed by atoms with Crippen LogP contribution in [0.2, 0.25) is 0 Å². The summed E-state index contributed by atoms with van der Waals surface area (Å²) in [5.41, 5.74) is 4.18. The molecule has 0 N–H and O–H groups in total. The number of benzene rings is 1. The second-order valence-corrected chi connectivity index (χ2v) is 7.09. The van der Waals surface area contributed by atoms with Crippen molar-refractivity contribution in [2.24, 2.45) is 0 Å². The van der Waals surface area contributed by atoms with Gasteiger partial charge in [-0.1, -0.05) is 36.4 Å². The Labute approximate surface area is 164 Å². The van der Waals surface area contributed by atoms with Crippen molar-refractivity contribution in [2.75, 3.05) is 20.3 Å². The first-order chi connectivity index (χ1) is 13.7. The third-order valence-corrected chi connectivity index (χ3v) is 5.23. The average Bonchev–Trinajstić information content (AvgIpc) is 2.71. The van der Waals surface area contributed by atoms with E-state index < -0.39 is 0 Å². The molecule has 28 heavy (non-hydrogen) atoms. The van der Waals surface area contributed by atoms with Crippen molar-refractivity contribution >= 4 is 11.7 Å². The molecule has 1 aromatic carbocycles. The van der Waals surface area contributed by atoms with Crippen molar-refractivity contribution in [3.8, 4) is 5.88 Å². The Hall–Kier alpha value is -2.86. The van der Waals surface area contributed by atoms with Gasteiger partial charge in [-0.2, -0.15) is 0 Å². The summed E-state index contributed by atoms with van der Waals surface area (Å²) < 4.78 is 16.5. The summed E-state index contributed by atoms with van der Waals surface area (Å²) in [6.07, 6.45) is 2.53. The number of methoxy groups -OCH3 is 1. The van der Waals surface area contributed by atoms with Gasteiger partial charge in [0, 0.05) is 11.8 Å². The molecular formula is C22H24N2O4. The van der Waals surface area contributed by atoms with Gasteiger partial charge in [0.2, 0.25) is 5.88 Å². The number of carbonyl (C=O) groups excluding carboxylic acids is 1. The first-order valence-corrected chi connectivity index (χ1v) is 9.45. The summed E-state index contributed by atoms with van der Waals surface area (Å²) in [6, 6.07) is 13.5. The first kappa shape index (κ1) is 18.5. The van der Waals surface area contributed by atoms with Crippen LogP contribution in [-0.2, 0) is 16.1 Å². The molecule has 6 heteroatoms. The molecule has 0 aliphatic carbocycles. The van der Waals surface area contributed by atoms with Crippen molar-refractivity contribution in [3.05, 3.63) is 65.4 Å². The molecule has 2 atom stereocenters. The van der Waals surface area contributed by atoms with Crippen LogP contribution < -0.4 is 4.74 Å². The molecule has 0 radical (unpaired) electrons. The molecule has 2 aliphatic heterocycles. The molecule has 0 spiro atoms. The Kier molecular flexibility index (Phi) is 5.30. The SMILES string of the molecule is COc1ccc(C2=CC3COCC(C2)N3C(=O)OCc2ccccc2)c(C)n1. The van der Waals surface area contributed by atoms with Gasteiger partial charge < -0.3 is 14.2 Å². The van der Waals surface area contributed by atoms with Gasteiger partial charge in [0.15, 0.2) is 0 Å². The van der Waals surface area contributed by atoms with Crippen LogP contribution in [0.15, 0.2) is 48.5 Å². The molecule has 6 nitrogen and oxygen atoms in total. The summed E-state index contributed by atoms with van der Waals surface area (Å²) in [5.74, 6) is 0.604. The number of amides is 1. The number of hydrogen-bond acceptors (Lipinski definition) is 5. The van der Waals surface area contributed by atoms with E-state index in [-0.39, 0.29) is 24.8 Å². The minimum atomic E-state index is -0.290. The number of aryl methyl sites for hydroxylation is 1. The third-order valence-electron chi connectivity index (χ3n) is 5.23. The topological polar surface area (TPSA) is 60.9 Å². The van der Waals surface area contributed by atoms with Gasteiger partial charge in [-0.05, 0) is 36.1 Å². The van der Waals surface area contributed by atoms with Crippen LogP contribution in [0, 0.1) is 6.92 Å². The van der Waals surface area contributed by atoms with Crippen LogP contribution >= 0.6 is 0 Å². The number of fused-ring (bicyclic) bond motifs is 2. The van der Waals surface area contributed by atoms with Gasteiger partial charge in [0.1, 0.15) is 6.61 Å². The molecule has 2 unspecified atom stereocenters. The molecule has 3 heterocycles. The Morgan fingerprint density at radius 2 is 2.04 bits per heavy atom. The summed E-state index contributed by atoms with van der Waals surface area (Å²) in [5, 5.41) is 0. The number of pyridine rings is 1. The van der Waals surface area contributed by atoms with Crippen molar-refractivity contribution < 1.29 is 19.0 Å². The quantitative estimate of drug-likeness (QED) is 0.811. The van der Waals surface area contributed by atoms with Crippen molar-refractivity contribution in [3.63, 3.8) is 0 Å². The Morgan fingerprint density at radius 3 is 2.75 bits per heavy atom. The zero-order valence-electron chi connectivity index (χ0n) is 16.1. The highest BCUT2D eigenvalue weighted by Crippen LogP contribution is 2.34. The third kappa shape index (κ3) is 3.73. The van der Waals surface area contributed by atoms with E-state index >= 15 is 0 Å². The zero-order chi connectivity index (χ0) is 19.5. The van der Waals surface area contributed by atoms with Crippen LogP contribution in [-0.4, -0.2) is 48.4 Å². The maximum Gasteiger partial charge on any atom is 0.411 e. The lowest BCUT2D eigenvalue weighted by Gasteiger charge is -2.43. The Morgan fingerprint density at radius 1 is 1.21 bits per heavy atom. The lowest BCUT2D eigenvalue weighted by atomic mass is 9.89. The van der Waals surface area contributed by atoms with E-state index in [1.165, 1.54) is 5.57 Å². The zero-order valence-corrected chi connectivity index (χ0v) is 16.1. The van der Waals surface area contributed by atoms with Gasteiger partial charge in [-0.3, -0.25) is 4.90 Å². The minimum Gasteiger partial charge on any atom is -0.481 e. The summed E-state index contributed by atoms with van der Waals surface area (Å²) in [4.78, 5) is 19.1. The number of carbonyl (C=O) groups is 1. The lowest BCUT2D eigenvalue weighted by Crippen LogP contribution is -2.56. The van der Waals surface area contributed by atoms with Crippen molar-refractivity contribution in [1.82, 2.24) is 9.88 Å². The van der Waals surface area contributed by atoms with E-state index in [2.05, 4.69) is 11.1 Å². The molecule has 2 aromatic rings. The number of morpholine rings is 1. The van der Waals surface area contributed by atoms with Gasteiger partial charge in [-0.15, -0.1) is 0 Å². The van der Waals surface area contributed by atoms with Gasteiger partial charge >= 0.3 is 6.09 Å². The van der Waals surface area contributed by atoms with Crippen LogP contribution in [0.4, 0.5) is 4.79 Å². The predicted molar refractivity (Wildman–Crippen MR) is 105 cm³/mol. The number of rotatable bonds is 4. The minimum absolute atomic E-state index is 0.0384. The summed E-state index contributed by atoms with van der Waals surface area (Å²) >= 11 is 0. The maximum atomic E-state index is 12.8. The van der Waals surface area contributed by atoms with Crippen LogP contribution in [0.25, 0.3) is 5.57 Å². The highest BCUT2D eigenvalue weighted by molar-refractivity contribution is 5.75. The summed E-state index contributed by atoms with van der Waals surface area (Å²) in [6.45, 7) is 3.24. The van der Waals surface area contributed by atoms with Gasteiger partial charge in [0.05, 0.1) is 32.4 Å². The molecule has 1 fully saturated rings. The normalized spacial score (nSPS) is 21.1. The first-order valence-electron chi connectivity index (χ1n) is 9.45. The predicted octanol–water partition coefficient (Wildman–Crippen LogP) is 3.59. The lowest BCUT2D eigenvalue weighted by molar-refractivity contribution is -0.0342. The molecule has 1 aromatic heterocycles. The Bertz CT molecular complexity index is 881. The molecule has 1 saturated heterocycles. The number of aromatic nitrogens is 1. The molecule has 4 rings (SSSR count). The molecule has 2 bridgehead atoms. The Balaban J connectivity index is 1.52. The fourth-order valence-corrected chi connectivity index (χ4v) is 3.87. The van der Waals surface area contributed by atoms with Crippen LogP contribution in [0.5, 0.6) is 5.88 Å². The van der Waals surface area contributed by atoms with Crippen LogP contribution in [0.1, 0.15) is 23.2 Å². The number of nitrogens with zero attached hydrogens (tertiary/aromatic N) is 2. The van der Waals surface area contributed by atoms with E-state index in [4.69, 9.17) is 14.2 Å². The molecule has 0 saturated carbocycles. The smallest absolute Gasteiger partial charge is 0.411 e. The molecule has 2 aliphatic rings. The highest BCUT2D eigenvalue weighted by atomic mass is 16.6. The van der Waals surface area contributed by atoms with Crippen molar-refractivity contribution in [2.45, 2.75) is 32.0 Å². The molecule has 146 valence electrons. The van der Waals surface area contributed by atoms with Gasteiger partial charge in [0.25, 0.3) is 0 Å². The van der Waals surface area contributed by atoms with Gasteiger partial charge in [-0.25, -0.2) is 9.78 Å². The highest BCUT2D eigenvalue weighted by Gasteiger charge is 2.39. The standard InChI is InChI=1S/C22H24N2O4/c1-15-20(8-9-21(23-15)26-2)17-10-18-13-27-14-19(11-17)24(18)22(25)28-12-16-6-4-3-5-7-16/h3-10,18-19H,11-14H2,1-2H3. The van der Waals surface area contributed by atoms with E-state index in [1.54, 1.807) is 7.11 Å². The monoisotopic (exact) mass is 380 g/mol. The fraction of sp³-hybridized carbons (Fsp3) is 0.364.